The van der Waals surface area contributed by atoms with E-state index in [-0.39, 0.29) is 5.75 Å². The molecule has 1 heterocycles. The van der Waals surface area contributed by atoms with Gasteiger partial charge in [-0.05, 0) is 13.0 Å². The van der Waals surface area contributed by atoms with E-state index >= 15 is 0 Å². The first-order valence-corrected chi connectivity index (χ1v) is 2.32. The first kappa shape index (κ1) is 5.09. The molecule has 1 aromatic rings. The summed E-state index contributed by atoms with van der Waals surface area (Å²) in [5.74, 6) is 0.163. The van der Waals surface area contributed by atoms with Crippen LogP contribution in [0.2, 0.25) is 0 Å². The van der Waals surface area contributed by atoms with Crippen molar-refractivity contribution in [2.45, 2.75) is 6.92 Å². The Morgan fingerprint density at radius 1 is 1.75 bits per heavy atom. The van der Waals surface area contributed by atoms with E-state index in [1.165, 1.54) is 12.3 Å². The Kier molecular flexibility index (Phi) is 1.16. The van der Waals surface area contributed by atoms with Crippen molar-refractivity contribution in [3.63, 3.8) is 0 Å². The summed E-state index contributed by atoms with van der Waals surface area (Å²) < 4.78 is 0. The summed E-state index contributed by atoms with van der Waals surface area (Å²) in [5, 5.41) is 8.66. The lowest BCUT2D eigenvalue weighted by molar-refractivity contribution is 0.472. The highest BCUT2D eigenvalue weighted by Gasteiger charge is 1.84. The van der Waals surface area contributed by atoms with Gasteiger partial charge in [-0.15, -0.1) is 0 Å². The molecule has 41 valence electrons. The van der Waals surface area contributed by atoms with Crippen LogP contribution < -0.4 is 0 Å². The number of hydrogen-bond acceptors (Lipinski definition) is 2. The van der Waals surface area contributed by atoms with Crippen LogP contribution >= 0.6 is 0 Å². The monoisotopic (exact) mass is 108 g/mol. The molecule has 0 saturated heterocycles. The van der Waals surface area contributed by atoms with E-state index in [0.29, 0.717) is 0 Å². The Labute approximate surface area is 47.8 Å². The van der Waals surface area contributed by atoms with Gasteiger partial charge in [-0.1, -0.05) is 0 Å². The van der Waals surface area contributed by atoms with Gasteiger partial charge in [-0.2, -0.15) is 0 Å². The van der Waals surface area contributed by atoms with Gasteiger partial charge in [0.2, 0.25) is 0 Å². The molecule has 1 N–H and O–H groups in total. The van der Waals surface area contributed by atoms with E-state index < -0.39 is 0 Å². The van der Waals surface area contributed by atoms with E-state index in [2.05, 4.69) is 11.1 Å². The second kappa shape index (κ2) is 1.82. The third-order valence-electron chi connectivity index (χ3n) is 0.819. The highest BCUT2D eigenvalue weighted by Crippen LogP contribution is 2.02. The van der Waals surface area contributed by atoms with Crippen molar-refractivity contribution in [3.8, 4) is 5.75 Å². The normalized spacial score (nSPS) is 9.12. The number of rotatable bonds is 0. The van der Waals surface area contributed by atoms with Gasteiger partial charge < -0.3 is 5.11 Å². The van der Waals surface area contributed by atoms with E-state index in [1.807, 2.05) is 6.92 Å². The molecule has 2 nitrogen and oxygen atoms in total. The molecule has 1 radical (unpaired) electrons. The molecule has 8 heavy (non-hydrogen) atoms. The van der Waals surface area contributed by atoms with E-state index in [9.17, 15) is 0 Å². The van der Waals surface area contributed by atoms with Gasteiger partial charge in [-0.25, -0.2) is 0 Å². The number of aromatic hydroxyl groups is 1. The number of aryl methyl sites for hydroxylation is 1. The molecule has 0 bridgehead atoms. The molecule has 0 aliphatic carbocycles. The lowest BCUT2D eigenvalue weighted by Gasteiger charge is -1.87. The van der Waals surface area contributed by atoms with Crippen LogP contribution in [0.15, 0.2) is 12.3 Å². The quantitative estimate of drug-likeness (QED) is 0.535. The summed E-state index contributed by atoms with van der Waals surface area (Å²) in [6.45, 7) is 1.82. The van der Waals surface area contributed by atoms with Crippen LogP contribution in [0.5, 0.6) is 5.75 Å². The van der Waals surface area contributed by atoms with Crippen molar-refractivity contribution >= 4 is 0 Å². The summed E-state index contributed by atoms with van der Waals surface area (Å²) in [4.78, 5) is 3.77. The summed E-state index contributed by atoms with van der Waals surface area (Å²) >= 11 is 0. The van der Waals surface area contributed by atoms with Gasteiger partial charge in [-0.3, -0.25) is 4.98 Å². The Hall–Kier alpha value is -1.05. The minimum Gasteiger partial charge on any atom is -0.506 e. The Morgan fingerprint density at radius 2 is 2.50 bits per heavy atom. The number of pyridine rings is 1. The lowest BCUT2D eigenvalue weighted by atomic mass is 10.4. The van der Waals surface area contributed by atoms with Crippen molar-refractivity contribution in [1.82, 2.24) is 4.98 Å². The Balaban J connectivity index is 3.03. The maximum atomic E-state index is 8.66. The van der Waals surface area contributed by atoms with Gasteiger partial charge in [0.05, 0.1) is 6.20 Å². The highest BCUT2D eigenvalue weighted by molar-refractivity contribution is 5.15. The van der Waals surface area contributed by atoms with Crippen LogP contribution in [0, 0.1) is 13.0 Å². The molecule has 1 aromatic heterocycles. The highest BCUT2D eigenvalue weighted by atomic mass is 16.3. The molecule has 0 amide bonds. The average molecular weight is 108 g/mol. The third-order valence-corrected chi connectivity index (χ3v) is 0.819. The minimum absolute atomic E-state index is 0.163. The molecule has 0 aliphatic heterocycles. The summed E-state index contributed by atoms with van der Waals surface area (Å²) in [7, 11) is 0. The number of hydrogen-bond donors (Lipinski definition) is 1. The molecule has 1 rings (SSSR count). The molecule has 0 aliphatic rings. The van der Waals surface area contributed by atoms with Crippen molar-refractivity contribution < 1.29 is 5.11 Å². The third kappa shape index (κ3) is 0.964. The zero-order chi connectivity index (χ0) is 5.98. The fraction of sp³-hybridized carbons (Fsp3) is 0.167. The molecule has 0 saturated carbocycles. The van der Waals surface area contributed by atoms with Gasteiger partial charge in [0, 0.05) is 11.8 Å². The van der Waals surface area contributed by atoms with Gasteiger partial charge in [0.1, 0.15) is 5.75 Å². The maximum Gasteiger partial charge on any atom is 0.134 e. The second-order valence-corrected chi connectivity index (χ2v) is 1.56. The topological polar surface area (TPSA) is 33.1 Å². The molecule has 0 spiro atoms. The number of aromatic nitrogens is 1. The van der Waals surface area contributed by atoms with Crippen molar-refractivity contribution in [3.05, 3.63) is 24.0 Å². The average Bonchev–Trinajstić information content (AvgIpc) is 1.77. The summed E-state index contributed by atoms with van der Waals surface area (Å²) in [5.41, 5.74) is 0.794. The van der Waals surface area contributed by atoms with Crippen LogP contribution in [0.4, 0.5) is 0 Å². The van der Waals surface area contributed by atoms with E-state index in [1.54, 1.807) is 0 Å². The molecular formula is C6H6NO. The maximum absolute atomic E-state index is 8.66. The number of nitrogens with zero attached hydrogens (tertiary/aromatic N) is 1. The zero-order valence-electron chi connectivity index (χ0n) is 4.55. The first-order valence-electron chi connectivity index (χ1n) is 2.32. The fourth-order valence-corrected chi connectivity index (χ4v) is 0.416. The van der Waals surface area contributed by atoms with Crippen LogP contribution in [0.3, 0.4) is 0 Å². The Bertz CT molecular complexity index is 147. The largest absolute Gasteiger partial charge is 0.506 e. The Morgan fingerprint density at radius 3 is 2.88 bits per heavy atom. The smallest absolute Gasteiger partial charge is 0.134 e. The predicted molar refractivity (Wildman–Crippen MR) is 29.5 cm³/mol. The van der Waals surface area contributed by atoms with Crippen LogP contribution in [0.25, 0.3) is 0 Å². The minimum atomic E-state index is 0.163. The zero-order valence-corrected chi connectivity index (χ0v) is 4.55. The molecule has 0 fully saturated rings. The van der Waals surface area contributed by atoms with Gasteiger partial charge in [0.25, 0.3) is 0 Å². The van der Waals surface area contributed by atoms with Gasteiger partial charge >= 0.3 is 0 Å². The van der Waals surface area contributed by atoms with Crippen molar-refractivity contribution in [2.75, 3.05) is 0 Å². The van der Waals surface area contributed by atoms with Crippen LogP contribution in [0.1, 0.15) is 5.69 Å². The summed E-state index contributed by atoms with van der Waals surface area (Å²) in [6.07, 6.45) is 1.39. The lowest BCUT2D eigenvalue weighted by Crippen LogP contribution is -1.75. The van der Waals surface area contributed by atoms with Crippen molar-refractivity contribution in [1.29, 1.82) is 0 Å². The molecule has 2 heteroatoms. The molecule has 0 aromatic carbocycles. The second-order valence-electron chi connectivity index (χ2n) is 1.56. The standard InChI is InChI=1S/C6H6NO/c1-5-2-3-6(8)4-7-5/h3-4,8H,1H3. The fourth-order valence-electron chi connectivity index (χ4n) is 0.416. The predicted octanol–water partition coefficient (Wildman–Crippen LogP) is 0.896. The first-order chi connectivity index (χ1) is 3.79. The van der Waals surface area contributed by atoms with E-state index in [0.717, 1.165) is 5.69 Å². The van der Waals surface area contributed by atoms with Crippen LogP contribution in [-0.2, 0) is 0 Å². The van der Waals surface area contributed by atoms with Crippen LogP contribution in [-0.4, -0.2) is 10.1 Å². The summed E-state index contributed by atoms with van der Waals surface area (Å²) in [6, 6.07) is 4.23. The molecule has 0 unspecified atom stereocenters. The van der Waals surface area contributed by atoms with Gasteiger partial charge in [0.15, 0.2) is 0 Å². The van der Waals surface area contributed by atoms with Crippen molar-refractivity contribution in [2.24, 2.45) is 0 Å². The molecule has 0 atom stereocenters. The van der Waals surface area contributed by atoms with E-state index in [4.69, 9.17) is 5.11 Å². The molecular weight excluding hydrogens is 102 g/mol. The SMILES string of the molecule is Cc1[c]cc(O)cn1.